The number of benzene rings is 1. The first-order valence-corrected chi connectivity index (χ1v) is 8.51. The Morgan fingerprint density at radius 1 is 1.23 bits per heavy atom. The molecule has 2 atom stereocenters. The summed E-state index contributed by atoms with van der Waals surface area (Å²) >= 11 is 0. The number of carboxylic acids is 1. The maximum Gasteiger partial charge on any atom is 0.315 e. The van der Waals surface area contributed by atoms with Gasteiger partial charge in [-0.3, -0.25) is 9.59 Å². The Labute approximate surface area is 152 Å². The van der Waals surface area contributed by atoms with Crippen LogP contribution in [0.15, 0.2) is 24.3 Å². The molecule has 0 saturated heterocycles. The van der Waals surface area contributed by atoms with Crippen molar-refractivity contribution in [1.29, 1.82) is 0 Å². The van der Waals surface area contributed by atoms with Gasteiger partial charge in [-0.25, -0.2) is 9.18 Å². The van der Waals surface area contributed by atoms with Crippen LogP contribution in [0, 0.1) is 11.7 Å². The van der Waals surface area contributed by atoms with Gasteiger partial charge in [0.25, 0.3) is 0 Å². The lowest BCUT2D eigenvalue weighted by Crippen LogP contribution is -2.51. The van der Waals surface area contributed by atoms with Crippen LogP contribution in [0.3, 0.4) is 0 Å². The third-order valence-electron chi connectivity index (χ3n) is 3.89. The number of carbonyl (C=O) groups is 3. The van der Waals surface area contributed by atoms with Gasteiger partial charge in [0, 0.05) is 20.1 Å². The third-order valence-corrected chi connectivity index (χ3v) is 3.89. The van der Waals surface area contributed by atoms with Gasteiger partial charge in [-0.05, 0) is 24.1 Å². The summed E-state index contributed by atoms with van der Waals surface area (Å²) in [7, 11) is 1.52. The zero-order valence-electron chi connectivity index (χ0n) is 15.3. The molecule has 0 radical (unpaired) electrons. The molecule has 0 spiro atoms. The Morgan fingerprint density at radius 3 is 2.38 bits per heavy atom. The van der Waals surface area contributed by atoms with Crippen LogP contribution in [0.5, 0.6) is 0 Å². The molecule has 0 saturated carbocycles. The lowest BCUT2D eigenvalue weighted by Gasteiger charge is -2.25. The molecule has 1 aromatic carbocycles. The highest BCUT2D eigenvalue weighted by Crippen LogP contribution is 2.06. The first-order chi connectivity index (χ1) is 12.2. The van der Waals surface area contributed by atoms with E-state index in [2.05, 4.69) is 10.6 Å². The molecule has 26 heavy (non-hydrogen) atoms. The second kappa shape index (κ2) is 10.4. The largest absolute Gasteiger partial charge is 0.481 e. The summed E-state index contributed by atoms with van der Waals surface area (Å²) in [6.45, 7) is 3.67. The van der Waals surface area contributed by atoms with E-state index in [1.54, 1.807) is 12.1 Å². The average molecular weight is 367 g/mol. The van der Waals surface area contributed by atoms with E-state index in [1.807, 2.05) is 6.92 Å². The summed E-state index contributed by atoms with van der Waals surface area (Å²) in [5.74, 6) is -2.37. The summed E-state index contributed by atoms with van der Waals surface area (Å²) in [6.07, 6.45) is 1.12. The molecule has 7 nitrogen and oxygen atoms in total. The number of rotatable bonds is 9. The van der Waals surface area contributed by atoms with Gasteiger partial charge in [-0.1, -0.05) is 32.4 Å². The van der Waals surface area contributed by atoms with Crippen LogP contribution in [0.4, 0.5) is 9.18 Å². The predicted molar refractivity (Wildman–Crippen MR) is 94.9 cm³/mol. The minimum atomic E-state index is -0.985. The molecule has 1 rings (SSSR count). The molecule has 0 aromatic heterocycles. The Hall–Kier alpha value is -2.64. The molecule has 3 amide bonds. The fourth-order valence-corrected chi connectivity index (χ4v) is 2.38. The minimum Gasteiger partial charge on any atom is -0.481 e. The number of urea groups is 1. The minimum absolute atomic E-state index is 0.0628. The van der Waals surface area contributed by atoms with Crippen molar-refractivity contribution in [3.05, 3.63) is 35.6 Å². The van der Waals surface area contributed by atoms with Crippen molar-refractivity contribution < 1.29 is 23.9 Å². The van der Waals surface area contributed by atoms with Crippen LogP contribution in [0.2, 0.25) is 0 Å². The number of aliphatic carboxylic acids is 1. The second-order valence-corrected chi connectivity index (χ2v) is 6.25. The summed E-state index contributed by atoms with van der Waals surface area (Å²) in [5.41, 5.74) is 0.729. The van der Waals surface area contributed by atoms with Gasteiger partial charge in [0.05, 0.1) is 5.92 Å². The Kier molecular flexibility index (Phi) is 8.54. The zero-order valence-corrected chi connectivity index (χ0v) is 15.3. The fraction of sp³-hybridized carbons (Fsp3) is 0.500. The van der Waals surface area contributed by atoms with Crippen LogP contribution in [0.1, 0.15) is 32.3 Å². The van der Waals surface area contributed by atoms with Gasteiger partial charge >= 0.3 is 12.0 Å². The second-order valence-electron chi connectivity index (χ2n) is 6.25. The smallest absolute Gasteiger partial charge is 0.315 e. The topological polar surface area (TPSA) is 98.7 Å². The molecular formula is C18H26FN3O4. The molecule has 0 aliphatic heterocycles. The van der Waals surface area contributed by atoms with Gasteiger partial charge in [0.15, 0.2) is 0 Å². The van der Waals surface area contributed by atoms with Crippen LogP contribution in [0.25, 0.3) is 0 Å². The Bertz CT molecular complexity index is 621. The summed E-state index contributed by atoms with van der Waals surface area (Å²) in [4.78, 5) is 36.8. The van der Waals surface area contributed by atoms with Crippen molar-refractivity contribution in [3.63, 3.8) is 0 Å². The van der Waals surface area contributed by atoms with Gasteiger partial charge < -0.3 is 20.6 Å². The van der Waals surface area contributed by atoms with E-state index < -0.39 is 24.0 Å². The molecule has 0 fully saturated rings. The number of hydrogen-bond acceptors (Lipinski definition) is 3. The predicted octanol–water partition coefficient (Wildman–Crippen LogP) is 1.97. The molecular weight excluding hydrogens is 341 g/mol. The van der Waals surface area contributed by atoms with Crippen LogP contribution < -0.4 is 10.6 Å². The molecule has 2 unspecified atom stereocenters. The molecule has 0 aliphatic rings. The van der Waals surface area contributed by atoms with E-state index in [4.69, 9.17) is 5.11 Å². The number of carboxylic acid groups (broad SMARTS) is 1. The van der Waals surface area contributed by atoms with E-state index in [0.29, 0.717) is 12.8 Å². The van der Waals surface area contributed by atoms with E-state index >= 15 is 0 Å². The summed E-state index contributed by atoms with van der Waals surface area (Å²) < 4.78 is 12.9. The van der Waals surface area contributed by atoms with Crippen LogP contribution >= 0.6 is 0 Å². The quantitative estimate of drug-likeness (QED) is 0.621. The van der Waals surface area contributed by atoms with E-state index in [1.165, 1.54) is 31.0 Å². The van der Waals surface area contributed by atoms with Crippen LogP contribution in [-0.4, -0.2) is 47.5 Å². The van der Waals surface area contributed by atoms with E-state index in [9.17, 15) is 18.8 Å². The van der Waals surface area contributed by atoms with E-state index in [-0.39, 0.29) is 24.8 Å². The highest BCUT2D eigenvalue weighted by Gasteiger charge is 2.25. The van der Waals surface area contributed by atoms with Gasteiger partial charge in [-0.2, -0.15) is 0 Å². The molecule has 0 heterocycles. The third kappa shape index (κ3) is 7.08. The Balaban J connectivity index is 2.59. The van der Waals surface area contributed by atoms with Crippen molar-refractivity contribution in [2.45, 2.75) is 39.3 Å². The standard InChI is InChI=1S/C18H26FN3O4/c1-4-5-15(16(23)22(3)11-12(2)17(24)25)21-18(26)20-10-13-6-8-14(19)9-7-13/h6-9,12,15H,4-5,10-11H2,1-3H3,(H,24,25)(H2,20,21,26). The number of nitrogens with zero attached hydrogens (tertiary/aromatic N) is 1. The maximum absolute atomic E-state index is 12.9. The number of hydrogen-bond donors (Lipinski definition) is 3. The first kappa shape index (κ1) is 21.4. The average Bonchev–Trinajstić information content (AvgIpc) is 2.60. The van der Waals surface area contributed by atoms with E-state index in [0.717, 1.165) is 5.56 Å². The van der Waals surface area contributed by atoms with Crippen molar-refractivity contribution in [2.75, 3.05) is 13.6 Å². The maximum atomic E-state index is 12.9. The molecule has 1 aromatic rings. The number of nitrogens with one attached hydrogen (secondary N) is 2. The molecule has 0 bridgehead atoms. The summed E-state index contributed by atoms with van der Waals surface area (Å²) in [5, 5.41) is 14.2. The highest BCUT2D eigenvalue weighted by molar-refractivity contribution is 5.87. The SMILES string of the molecule is CCCC(NC(=O)NCc1ccc(F)cc1)C(=O)N(C)CC(C)C(=O)O. The Morgan fingerprint density at radius 2 is 1.85 bits per heavy atom. The van der Waals surface area contributed by atoms with Gasteiger partial charge in [0.2, 0.25) is 5.91 Å². The number of carbonyl (C=O) groups excluding carboxylic acids is 2. The summed E-state index contributed by atoms with van der Waals surface area (Å²) in [6, 6.07) is 4.48. The van der Waals surface area contributed by atoms with Crippen molar-refractivity contribution in [3.8, 4) is 0 Å². The van der Waals surface area contributed by atoms with Crippen molar-refractivity contribution in [2.24, 2.45) is 5.92 Å². The fourth-order valence-electron chi connectivity index (χ4n) is 2.38. The number of halogens is 1. The van der Waals surface area contributed by atoms with Crippen molar-refractivity contribution in [1.82, 2.24) is 15.5 Å². The zero-order chi connectivity index (χ0) is 19.7. The first-order valence-electron chi connectivity index (χ1n) is 8.51. The lowest BCUT2D eigenvalue weighted by molar-refractivity contribution is -0.143. The monoisotopic (exact) mass is 367 g/mol. The normalized spacial score (nSPS) is 12.8. The van der Waals surface area contributed by atoms with Gasteiger partial charge in [-0.15, -0.1) is 0 Å². The number of likely N-dealkylation sites (N-methyl/N-ethyl adjacent to an activating group) is 1. The number of amides is 3. The van der Waals surface area contributed by atoms with Crippen molar-refractivity contribution >= 4 is 17.9 Å². The van der Waals surface area contributed by atoms with Gasteiger partial charge in [0.1, 0.15) is 11.9 Å². The molecule has 0 aliphatic carbocycles. The molecule has 8 heteroatoms. The highest BCUT2D eigenvalue weighted by atomic mass is 19.1. The van der Waals surface area contributed by atoms with Crippen LogP contribution in [-0.2, 0) is 16.1 Å². The molecule has 144 valence electrons. The molecule has 3 N–H and O–H groups in total. The lowest BCUT2D eigenvalue weighted by atomic mass is 10.1.